The predicted molar refractivity (Wildman–Crippen MR) is 84.7 cm³/mol. The van der Waals surface area contributed by atoms with Gasteiger partial charge in [-0.3, -0.25) is 9.48 Å². The number of rotatable bonds is 5. The molecule has 5 nitrogen and oxygen atoms in total. The summed E-state index contributed by atoms with van der Waals surface area (Å²) >= 11 is 0. The number of piperidine rings is 1. The van der Waals surface area contributed by atoms with E-state index in [0.29, 0.717) is 17.2 Å². The first-order chi connectivity index (χ1) is 10.8. The molecule has 1 aliphatic heterocycles. The van der Waals surface area contributed by atoms with Gasteiger partial charge in [0.05, 0.1) is 6.04 Å². The number of hydrogen-bond donors (Lipinski definition) is 2. The topological polar surface area (TPSA) is 59.0 Å². The highest BCUT2D eigenvalue weighted by molar-refractivity contribution is 5.92. The highest BCUT2D eigenvalue weighted by Gasteiger charge is 2.48. The van der Waals surface area contributed by atoms with Crippen molar-refractivity contribution in [2.75, 3.05) is 19.6 Å². The number of amides is 1. The summed E-state index contributed by atoms with van der Waals surface area (Å²) in [6.07, 6.45) is 10.9. The van der Waals surface area contributed by atoms with E-state index in [4.69, 9.17) is 0 Å². The average Bonchev–Trinajstić information content (AvgIpc) is 3.23. The van der Waals surface area contributed by atoms with Crippen LogP contribution in [0.4, 0.5) is 0 Å². The molecule has 2 N–H and O–H groups in total. The molecule has 1 amide bonds. The van der Waals surface area contributed by atoms with Crippen LogP contribution < -0.4 is 10.6 Å². The molecular weight excluding hydrogens is 276 g/mol. The van der Waals surface area contributed by atoms with Gasteiger partial charge in [0.1, 0.15) is 5.69 Å². The summed E-state index contributed by atoms with van der Waals surface area (Å²) in [5.41, 5.74) is 0.988. The van der Waals surface area contributed by atoms with Gasteiger partial charge in [0.15, 0.2) is 0 Å². The first kappa shape index (κ1) is 14.2. The molecule has 2 saturated carbocycles. The van der Waals surface area contributed by atoms with Crippen LogP contribution in [0.1, 0.15) is 61.5 Å². The largest absolute Gasteiger partial charge is 0.350 e. The second kappa shape index (κ2) is 5.69. The van der Waals surface area contributed by atoms with Gasteiger partial charge in [-0.1, -0.05) is 6.42 Å². The van der Waals surface area contributed by atoms with Crippen LogP contribution in [0.2, 0.25) is 0 Å². The summed E-state index contributed by atoms with van der Waals surface area (Å²) in [7, 11) is 0. The summed E-state index contributed by atoms with van der Waals surface area (Å²) in [5, 5.41) is 11.0. The third-order valence-electron chi connectivity index (χ3n) is 5.88. The fourth-order valence-corrected chi connectivity index (χ4v) is 4.12. The number of hydrogen-bond acceptors (Lipinski definition) is 3. The molecule has 2 aliphatic carbocycles. The first-order valence-electron chi connectivity index (χ1n) is 8.81. The van der Waals surface area contributed by atoms with E-state index in [0.717, 1.165) is 32.0 Å². The lowest BCUT2D eigenvalue weighted by Gasteiger charge is -2.42. The molecule has 0 aromatic carbocycles. The lowest BCUT2D eigenvalue weighted by atomic mass is 9.65. The zero-order valence-corrected chi connectivity index (χ0v) is 13.2. The monoisotopic (exact) mass is 302 g/mol. The second-order valence-electron chi connectivity index (χ2n) is 7.35. The first-order valence-corrected chi connectivity index (χ1v) is 8.81. The standard InChI is InChI=1S/C17H26N4O/c22-16(19-12-17(7-2-8-17)13-4-5-13)15-6-10-21(20-15)14-3-1-9-18-11-14/h6,10,13-14,18H,1-5,7-9,11-12H2,(H,19,22). The van der Waals surface area contributed by atoms with Gasteiger partial charge in [0.25, 0.3) is 5.91 Å². The van der Waals surface area contributed by atoms with E-state index in [1.807, 2.05) is 16.9 Å². The van der Waals surface area contributed by atoms with E-state index >= 15 is 0 Å². The Balaban J connectivity index is 1.35. The smallest absolute Gasteiger partial charge is 0.271 e. The summed E-state index contributed by atoms with van der Waals surface area (Å²) < 4.78 is 1.96. The number of aromatic nitrogens is 2. The van der Waals surface area contributed by atoms with Gasteiger partial charge in [0, 0.05) is 19.3 Å². The van der Waals surface area contributed by atoms with E-state index < -0.39 is 0 Å². The van der Waals surface area contributed by atoms with Gasteiger partial charge in [-0.25, -0.2) is 0 Å². The second-order valence-corrected chi connectivity index (χ2v) is 7.35. The van der Waals surface area contributed by atoms with Crippen LogP contribution in [-0.2, 0) is 0 Å². The minimum atomic E-state index is -0.00514. The Morgan fingerprint density at radius 2 is 2.23 bits per heavy atom. The van der Waals surface area contributed by atoms with E-state index in [9.17, 15) is 4.79 Å². The molecule has 0 bridgehead atoms. The van der Waals surface area contributed by atoms with Crippen molar-refractivity contribution < 1.29 is 4.79 Å². The molecule has 1 saturated heterocycles. The van der Waals surface area contributed by atoms with Crippen LogP contribution in [0.15, 0.2) is 12.3 Å². The van der Waals surface area contributed by atoms with Crippen molar-refractivity contribution >= 4 is 5.91 Å². The minimum absolute atomic E-state index is 0.00514. The fourth-order valence-electron chi connectivity index (χ4n) is 4.12. The summed E-state index contributed by atoms with van der Waals surface area (Å²) in [6.45, 7) is 2.89. The Hall–Kier alpha value is -1.36. The van der Waals surface area contributed by atoms with Crippen molar-refractivity contribution in [3.63, 3.8) is 0 Å². The molecule has 1 atom stereocenters. The maximum atomic E-state index is 12.4. The maximum Gasteiger partial charge on any atom is 0.271 e. The molecule has 5 heteroatoms. The zero-order valence-electron chi connectivity index (χ0n) is 13.2. The van der Waals surface area contributed by atoms with Gasteiger partial charge >= 0.3 is 0 Å². The molecule has 120 valence electrons. The van der Waals surface area contributed by atoms with Crippen LogP contribution in [0.5, 0.6) is 0 Å². The number of nitrogens with zero attached hydrogens (tertiary/aromatic N) is 2. The molecule has 3 aliphatic rings. The lowest BCUT2D eigenvalue weighted by molar-refractivity contribution is 0.0777. The lowest BCUT2D eigenvalue weighted by Crippen LogP contribution is -2.43. The molecule has 3 fully saturated rings. The van der Waals surface area contributed by atoms with E-state index in [1.54, 1.807) is 0 Å². The van der Waals surface area contributed by atoms with Crippen molar-refractivity contribution in [3.8, 4) is 0 Å². The van der Waals surface area contributed by atoms with Crippen molar-refractivity contribution in [1.29, 1.82) is 0 Å². The van der Waals surface area contributed by atoms with Crippen LogP contribution in [0.3, 0.4) is 0 Å². The van der Waals surface area contributed by atoms with Gasteiger partial charge < -0.3 is 10.6 Å². The Morgan fingerprint density at radius 1 is 1.36 bits per heavy atom. The molecule has 0 spiro atoms. The van der Waals surface area contributed by atoms with Crippen LogP contribution in [-0.4, -0.2) is 35.3 Å². The molecule has 2 heterocycles. The average molecular weight is 302 g/mol. The Labute approximate surface area is 131 Å². The highest BCUT2D eigenvalue weighted by atomic mass is 16.1. The summed E-state index contributed by atoms with van der Waals surface area (Å²) in [5.74, 6) is 0.863. The highest BCUT2D eigenvalue weighted by Crippen LogP contribution is 2.56. The Morgan fingerprint density at radius 3 is 2.86 bits per heavy atom. The molecule has 22 heavy (non-hydrogen) atoms. The molecule has 1 unspecified atom stereocenters. The van der Waals surface area contributed by atoms with Gasteiger partial charge in [-0.2, -0.15) is 5.10 Å². The molecule has 1 aromatic rings. The van der Waals surface area contributed by atoms with E-state index in [1.165, 1.54) is 38.5 Å². The van der Waals surface area contributed by atoms with Crippen LogP contribution in [0.25, 0.3) is 0 Å². The third kappa shape index (κ3) is 2.67. The number of carbonyl (C=O) groups is 1. The molecular formula is C17H26N4O. The van der Waals surface area contributed by atoms with E-state index in [-0.39, 0.29) is 5.91 Å². The van der Waals surface area contributed by atoms with Crippen molar-refractivity contribution in [2.24, 2.45) is 11.3 Å². The summed E-state index contributed by atoms with van der Waals surface area (Å²) in [4.78, 5) is 12.4. The fraction of sp³-hybridized carbons (Fsp3) is 0.765. The van der Waals surface area contributed by atoms with Crippen molar-refractivity contribution in [3.05, 3.63) is 18.0 Å². The third-order valence-corrected chi connectivity index (χ3v) is 5.88. The summed E-state index contributed by atoms with van der Waals surface area (Å²) in [6, 6.07) is 2.24. The number of nitrogens with one attached hydrogen (secondary N) is 2. The van der Waals surface area contributed by atoms with E-state index in [2.05, 4.69) is 15.7 Å². The minimum Gasteiger partial charge on any atom is -0.350 e. The molecule has 4 rings (SSSR count). The van der Waals surface area contributed by atoms with Crippen LogP contribution >= 0.6 is 0 Å². The van der Waals surface area contributed by atoms with Gasteiger partial charge in [-0.15, -0.1) is 0 Å². The Kier molecular flexibility index (Phi) is 3.68. The van der Waals surface area contributed by atoms with Crippen molar-refractivity contribution in [2.45, 2.75) is 51.0 Å². The van der Waals surface area contributed by atoms with Crippen molar-refractivity contribution in [1.82, 2.24) is 20.4 Å². The molecule has 1 aromatic heterocycles. The predicted octanol–water partition coefficient (Wildman–Crippen LogP) is 2.12. The Bertz CT molecular complexity index is 539. The zero-order chi connectivity index (χ0) is 15.0. The van der Waals surface area contributed by atoms with Crippen LogP contribution in [0, 0.1) is 11.3 Å². The quantitative estimate of drug-likeness (QED) is 0.876. The SMILES string of the molecule is O=C(NCC1(C2CC2)CCC1)c1ccn(C2CCCNC2)n1. The molecule has 0 radical (unpaired) electrons. The van der Waals surface area contributed by atoms with Gasteiger partial charge in [-0.05, 0) is 62.5 Å². The van der Waals surface area contributed by atoms with Gasteiger partial charge in [0.2, 0.25) is 0 Å². The maximum absolute atomic E-state index is 12.4. The number of carbonyl (C=O) groups excluding carboxylic acids is 1. The normalized spacial score (nSPS) is 27.2.